The summed E-state index contributed by atoms with van der Waals surface area (Å²) in [5.41, 5.74) is 0.632. The number of aliphatic imine (C=N–C) groups is 1. The van der Waals surface area contributed by atoms with E-state index in [0.29, 0.717) is 21.6 Å². The summed E-state index contributed by atoms with van der Waals surface area (Å²) in [4.78, 5) is 26.5. The normalized spacial score (nSPS) is 14.2. The Morgan fingerprint density at radius 2 is 2.32 bits per heavy atom. The van der Waals surface area contributed by atoms with Gasteiger partial charge in [0.2, 0.25) is 5.91 Å². The highest BCUT2D eigenvalue weighted by molar-refractivity contribution is 8.39. The third kappa shape index (κ3) is 4.00. The smallest absolute Gasteiger partial charge is 0.257 e. The lowest BCUT2D eigenvalue weighted by atomic mass is 10.3. The number of ether oxygens (including phenoxy) is 1. The first-order valence-corrected chi connectivity index (χ1v) is 7.46. The van der Waals surface area contributed by atoms with Crippen LogP contribution in [0.3, 0.4) is 0 Å². The van der Waals surface area contributed by atoms with Gasteiger partial charge in [0, 0.05) is 0 Å². The van der Waals surface area contributed by atoms with Gasteiger partial charge in [0.05, 0.1) is 24.3 Å². The zero-order valence-electron chi connectivity index (χ0n) is 10.2. The van der Waals surface area contributed by atoms with Crippen molar-refractivity contribution in [2.24, 2.45) is 4.99 Å². The maximum absolute atomic E-state index is 11.8. The van der Waals surface area contributed by atoms with E-state index in [1.807, 2.05) is 12.1 Å². The van der Waals surface area contributed by atoms with Crippen LogP contribution in [-0.2, 0) is 9.59 Å². The number of hydrogen-bond donors (Lipinski definition) is 1. The second-order valence-electron chi connectivity index (χ2n) is 3.60. The summed E-state index contributed by atoms with van der Waals surface area (Å²) in [7, 11) is 1.55. The van der Waals surface area contributed by atoms with Gasteiger partial charge in [-0.15, -0.1) is 0 Å². The predicted octanol–water partition coefficient (Wildman–Crippen LogP) is 2.00. The minimum Gasteiger partial charge on any atom is -0.495 e. The Kier molecular flexibility index (Phi) is 4.86. The number of nitrogens with zero attached hydrogens (tertiary/aromatic N) is 1. The molecule has 0 aliphatic carbocycles. The van der Waals surface area contributed by atoms with Gasteiger partial charge in [-0.1, -0.05) is 35.7 Å². The molecular weight excluding hydrogens is 284 g/mol. The highest BCUT2D eigenvalue weighted by atomic mass is 32.2. The van der Waals surface area contributed by atoms with Crippen LogP contribution in [0.2, 0.25) is 0 Å². The molecule has 1 aliphatic rings. The summed E-state index contributed by atoms with van der Waals surface area (Å²) in [6, 6.07) is 7.20. The molecule has 0 bridgehead atoms. The Morgan fingerprint density at radius 1 is 1.53 bits per heavy atom. The average molecular weight is 296 g/mol. The first-order valence-electron chi connectivity index (χ1n) is 5.49. The summed E-state index contributed by atoms with van der Waals surface area (Å²) in [5.74, 6) is 0.909. The summed E-state index contributed by atoms with van der Waals surface area (Å²) >= 11 is 2.63. The molecule has 100 valence electrons. The third-order valence-electron chi connectivity index (χ3n) is 2.24. The van der Waals surface area contributed by atoms with Gasteiger partial charge in [-0.2, -0.15) is 4.99 Å². The monoisotopic (exact) mass is 296 g/mol. The molecular formula is C12H12N2O3S2. The molecule has 7 heteroatoms. The number of benzene rings is 1. The zero-order chi connectivity index (χ0) is 13.7. The topological polar surface area (TPSA) is 67.8 Å². The lowest BCUT2D eigenvalue weighted by Crippen LogP contribution is -2.15. The second-order valence-corrected chi connectivity index (χ2v) is 5.78. The molecule has 19 heavy (non-hydrogen) atoms. The Morgan fingerprint density at radius 3 is 3.00 bits per heavy atom. The zero-order valence-corrected chi connectivity index (χ0v) is 11.8. The van der Waals surface area contributed by atoms with Crippen LogP contribution in [0.1, 0.15) is 0 Å². The van der Waals surface area contributed by atoms with E-state index in [4.69, 9.17) is 4.74 Å². The summed E-state index contributed by atoms with van der Waals surface area (Å²) in [6.45, 7) is 0. The van der Waals surface area contributed by atoms with Crippen LogP contribution >= 0.6 is 23.5 Å². The molecule has 0 radical (unpaired) electrons. The van der Waals surface area contributed by atoms with Crippen molar-refractivity contribution in [1.29, 1.82) is 0 Å². The number of hydrogen-bond acceptors (Lipinski definition) is 5. The van der Waals surface area contributed by atoms with E-state index in [-0.39, 0.29) is 17.6 Å². The molecule has 0 aromatic heterocycles. The van der Waals surface area contributed by atoms with E-state index < -0.39 is 0 Å². The fraction of sp³-hybridized carbons (Fsp3) is 0.250. The van der Waals surface area contributed by atoms with E-state index in [1.54, 1.807) is 19.2 Å². The van der Waals surface area contributed by atoms with Gasteiger partial charge in [0.1, 0.15) is 10.1 Å². The molecule has 1 N–H and O–H groups in total. The number of para-hydroxylation sites is 2. The molecule has 0 fully saturated rings. The van der Waals surface area contributed by atoms with Gasteiger partial charge in [-0.25, -0.2) is 0 Å². The van der Waals surface area contributed by atoms with Gasteiger partial charge in [0.25, 0.3) is 5.91 Å². The SMILES string of the molecule is COc1ccccc1NC(=O)CSC1=NC(=O)CS1. The molecule has 1 aromatic rings. The van der Waals surface area contributed by atoms with Crippen molar-refractivity contribution in [2.75, 3.05) is 23.9 Å². The summed E-state index contributed by atoms with van der Waals surface area (Å²) < 4.78 is 5.80. The Labute approximate surface area is 119 Å². The second kappa shape index (κ2) is 6.63. The largest absolute Gasteiger partial charge is 0.495 e. The molecule has 0 saturated heterocycles. The van der Waals surface area contributed by atoms with E-state index >= 15 is 0 Å². The molecule has 2 amide bonds. The van der Waals surface area contributed by atoms with Crippen molar-refractivity contribution in [3.63, 3.8) is 0 Å². The molecule has 1 aromatic carbocycles. The van der Waals surface area contributed by atoms with Gasteiger partial charge in [-0.05, 0) is 12.1 Å². The van der Waals surface area contributed by atoms with Crippen LogP contribution < -0.4 is 10.1 Å². The molecule has 1 aliphatic heterocycles. The number of carbonyl (C=O) groups is 2. The van der Waals surface area contributed by atoms with E-state index in [2.05, 4.69) is 10.3 Å². The van der Waals surface area contributed by atoms with Crippen molar-refractivity contribution >= 4 is 45.4 Å². The highest BCUT2D eigenvalue weighted by Crippen LogP contribution is 2.25. The van der Waals surface area contributed by atoms with Gasteiger partial charge >= 0.3 is 0 Å². The van der Waals surface area contributed by atoms with Crippen molar-refractivity contribution in [3.05, 3.63) is 24.3 Å². The molecule has 2 rings (SSSR count). The molecule has 1 heterocycles. The quantitative estimate of drug-likeness (QED) is 0.920. The summed E-state index contributed by atoms with van der Waals surface area (Å²) in [5, 5.41) is 2.76. The van der Waals surface area contributed by atoms with Crippen LogP contribution in [0, 0.1) is 0 Å². The average Bonchev–Trinajstić information content (AvgIpc) is 2.83. The summed E-state index contributed by atoms with van der Waals surface area (Å²) in [6.07, 6.45) is 0. The number of amides is 2. The van der Waals surface area contributed by atoms with Crippen LogP contribution in [0.15, 0.2) is 29.3 Å². The highest BCUT2D eigenvalue weighted by Gasteiger charge is 2.16. The molecule has 0 spiro atoms. The molecule has 0 unspecified atom stereocenters. The third-order valence-corrected chi connectivity index (χ3v) is 4.42. The van der Waals surface area contributed by atoms with E-state index in [9.17, 15) is 9.59 Å². The van der Waals surface area contributed by atoms with Crippen LogP contribution in [0.4, 0.5) is 5.69 Å². The number of anilines is 1. The van der Waals surface area contributed by atoms with Crippen molar-refractivity contribution < 1.29 is 14.3 Å². The van der Waals surface area contributed by atoms with Crippen LogP contribution in [0.5, 0.6) is 5.75 Å². The Hall–Kier alpha value is -1.47. The van der Waals surface area contributed by atoms with Crippen molar-refractivity contribution in [1.82, 2.24) is 0 Å². The molecule has 5 nitrogen and oxygen atoms in total. The van der Waals surface area contributed by atoms with E-state index in [0.717, 1.165) is 0 Å². The van der Waals surface area contributed by atoms with E-state index in [1.165, 1.54) is 23.5 Å². The van der Waals surface area contributed by atoms with Gasteiger partial charge < -0.3 is 10.1 Å². The number of carbonyl (C=O) groups excluding carboxylic acids is 2. The maximum Gasteiger partial charge on any atom is 0.257 e. The maximum atomic E-state index is 11.8. The first-order chi connectivity index (χ1) is 9.19. The predicted molar refractivity (Wildman–Crippen MR) is 79.0 cm³/mol. The number of methoxy groups -OCH3 is 1. The standard InChI is InChI=1S/C12H12N2O3S2/c1-17-9-5-3-2-4-8(9)13-10(15)6-18-12-14-11(16)7-19-12/h2-5H,6-7H2,1H3,(H,13,15). The van der Waals surface area contributed by atoms with Crippen LogP contribution in [0.25, 0.3) is 0 Å². The van der Waals surface area contributed by atoms with Gasteiger partial charge in [0.15, 0.2) is 0 Å². The lowest BCUT2D eigenvalue weighted by molar-refractivity contribution is -0.115. The number of rotatable bonds is 4. The minimum absolute atomic E-state index is 0.141. The lowest BCUT2D eigenvalue weighted by Gasteiger charge is -2.09. The Bertz CT molecular complexity index is 531. The van der Waals surface area contributed by atoms with Crippen molar-refractivity contribution in [3.8, 4) is 5.75 Å². The minimum atomic E-state index is -0.155. The number of thioether (sulfide) groups is 2. The molecule has 0 atom stereocenters. The first kappa shape index (κ1) is 14.0. The Balaban J connectivity index is 1.87. The van der Waals surface area contributed by atoms with Gasteiger partial charge in [-0.3, -0.25) is 9.59 Å². The van der Waals surface area contributed by atoms with Crippen molar-refractivity contribution in [2.45, 2.75) is 0 Å². The van der Waals surface area contributed by atoms with Crippen LogP contribution in [-0.4, -0.2) is 34.8 Å². The fourth-order valence-corrected chi connectivity index (χ4v) is 3.08. The number of nitrogens with one attached hydrogen (secondary N) is 1. The fourth-order valence-electron chi connectivity index (χ4n) is 1.43. The molecule has 0 saturated carbocycles.